The first-order valence-electron chi connectivity index (χ1n) is 7.73. The lowest BCUT2D eigenvalue weighted by molar-refractivity contribution is 0.227. The zero-order valence-electron chi connectivity index (χ0n) is 12.6. The summed E-state index contributed by atoms with van der Waals surface area (Å²) >= 11 is 0. The maximum atomic E-state index is 9.15. The number of hydrogen-bond acceptors (Lipinski definition) is 4. The molecule has 4 nitrogen and oxygen atoms in total. The molecule has 0 radical (unpaired) electrons. The average Bonchev–Trinajstić information content (AvgIpc) is 2.48. The molecule has 1 aromatic heterocycles. The van der Waals surface area contributed by atoms with E-state index in [9.17, 15) is 0 Å². The highest BCUT2D eigenvalue weighted by atomic mass is 16.3. The molecule has 2 rings (SSSR count). The van der Waals surface area contributed by atoms with Crippen LogP contribution in [0.15, 0.2) is 24.4 Å². The largest absolute Gasteiger partial charge is 0.396 e. The minimum atomic E-state index is 0.266. The molecule has 4 heteroatoms. The lowest BCUT2D eigenvalue weighted by Gasteiger charge is -2.36. The van der Waals surface area contributed by atoms with Gasteiger partial charge >= 0.3 is 0 Å². The van der Waals surface area contributed by atoms with E-state index in [1.54, 1.807) is 0 Å². The van der Waals surface area contributed by atoms with Crippen LogP contribution < -0.4 is 10.2 Å². The summed E-state index contributed by atoms with van der Waals surface area (Å²) < 4.78 is 0. The van der Waals surface area contributed by atoms with Gasteiger partial charge < -0.3 is 15.3 Å². The zero-order chi connectivity index (χ0) is 14.4. The second-order valence-corrected chi connectivity index (χ2v) is 5.98. The number of pyridine rings is 1. The van der Waals surface area contributed by atoms with Gasteiger partial charge in [0.05, 0.1) is 0 Å². The van der Waals surface area contributed by atoms with Crippen LogP contribution in [0.5, 0.6) is 0 Å². The van der Waals surface area contributed by atoms with Crippen molar-refractivity contribution in [2.45, 2.75) is 45.2 Å². The summed E-state index contributed by atoms with van der Waals surface area (Å²) in [6.45, 7) is 6.81. The molecule has 2 N–H and O–H groups in total. The van der Waals surface area contributed by atoms with Gasteiger partial charge in [-0.2, -0.15) is 0 Å². The quantitative estimate of drug-likeness (QED) is 0.835. The molecule has 0 bridgehead atoms. The first kappa shape index (κ1) is 15.3. The van der Waals surface area contributed by atoms with Crippen molar-refractivity contribution in [1.82, 2.24) is 10.3 Å². The molecular weight excluding hydrogens is 250 g/mol. The van der Waals surface area contributed by atoms with Gasteiger partial charge in [0.2, 0.25) is 0 Å². The molecule has 2 heterocycles. The Morgan fingerprint density at radius 1 is 1.35 bits per heavy atom. The number of piperidine rings is 1. The summed E-state index contributed by atoms with van der Waals surface area (Å²) in [5.74, 6) is 1.65. The van der Waals surface area contributed by atoms with Gasteiger partial charge in [-0.25, -0.2) is 4.98 Å². The topological polar surface area (TPSA) is 48.4 Å². The Balaban J connectivity index is 1.82. The summed E-state index contributed by atoms with van der Waals surface area (Å²) in [5, 5.41) is 12.9. The molecular formula is C16H27N3O. The standard InChI is InChI=1S/C16H27N3O/c1-13(2)15(8-12-20)18-14-6-10-19(11-7-14)16-5-3-4-9-17-16/h3-5,9,13-15,18,20H,6-8,10-12H2,1-2H3. The van der Waals surface area contributed by atoms with E-state index in [-0.39, 0.29) is 6.61 Å². The van der Waals surface area contributed by atoms with Crippen LogP contribution in [0.2, 0.25) is 0 Å². The van der Waals surface area contributed by atoms with Gasteiger partial charge in [-0.3, -0.25) is 0 Å². The monoisotopic (exact) mass is 277 g/mol. The Hall–Kier alpha value is -1.13. The number of nitrogens with zero attached hydrogens (tertiary/aromatic N) is 2. The minimum absolute atomic E-state index is 0.266. The summed E-state index contributed by atoms with van der Waals surface area (Å²) in [4.78, 5) is 6.77. The summed E-state index contributed by atoms with van der Waals surface area (Å²) in [7, 11) is 0. The van der Waals surface area contributed by atoms with Crippen molar-refractivity contribution in [2.75, 3.05) is 24.6 Å². The van der Waals surface area contributed by atoms with E-state index in [0.717, 1.165) is 38.2 Å². The predicted molar refractivity (Wildman–Crippen MR) is 82.9 cm³/mol. The molecule has 1 aliphatic heterocycles. The smallest absolute Gasteiger partial charge is 0.128 e. The Morgan fingerprint density at radius 2 is 2.10 bits per heavy atom. The van der Waals surface area contributed by atoms with Crippen molar-refractivity contribution in [1.29, 1.82) is 0 Å². The molecule has 0 saturated carbocycles. The van der Waals surface area contributed by atoms with Gasteiger partial charge in [0.1, 0.15) is 5.82 Å². The number of hydrogen-bond donors (Lipinski definition) is 2. The predicted octanol–water partition coefficient (Wildman–Crippen LogP) is 2.05. The van der Waals surface area contributed by atoms with E-state index in [0.29, 0.717) is 18.0 Å². The third kappa shape index (κ3) is 4.18. The highest BCUT2D eigenvalue weighted by Crippen LogP contribution is 2.18. The fourth-order valence-electron chi connectivity index (χ4n) is 2.87. The van der Waals surface area contributed by atoms with Gasteiger partial charge in [-0.1, -0.05) is 19.9 Å². The summed E-state index contributed by atoms with van der Waals surface area (Å²) in [6.07, 6.45) is 4.99. The SMILES string of the molecule is CC(C)C(CCO)NC1CCN(c2ccccn2)CC1. The molecule has 1 aliphatic rings. The maximum absolute atomic E-state index is 9.15. The molecule has 1 unspecified atom stereocenters. The highest BCUT2D eigenvalue weighted by molar-refractivity contribution is 5.38. The number of rotatable bonds is 6. The van der Waals surface area contributed by atoms with Gasteiger partial charge in [0.15, 0.2) is 0 Å². The molecule has 0 aromatic carbocycles. The molecule has 1 saturated heterocycles. The molecule has 0 spiro atoms. The van der Waals surface area contributed by atoms with Gasteiger partial charge in [-0.15, -0.1) is 0 Å². The van der Waals surface area contributed by atoms with Crippen LogP contribution in [0.25, 0.3) is 0 Å². The van der Waals surface area contributed by atoms with Gasteiger partial charge in [0.25, 0.3) is 0 Å². The summed E-state index contributed by atoms with van der Waals surface area (Å²) in [6, 6.07) is 7.07. The molecule has 20 heavy (non-hydrogen) atoms. The highest BCUT2D eigenvalue weighted by Gasteiger charge is 2.23. The molecule has 112 valence electrons. The molecule has 0 aliphatic carbocycles. The Kier molecular flexibility index (Phi) is 5.80. The van der Waals surface area contributed by atoms with Crippen LogP contribution in [0.1, 0.15) is 33.1 Å². The van der Waals surface area contributed by atoms with E-state index in [4.69, 9.17) is 5.11 Å². The Morgan fingerprint density at radius 3 is 2.65 bits per heavy atom. The first-order valence-corrected chi connectivity index (χ1v) is 7.73. The minimum Gasteiger partial charge on any atom is -0.396 e. The van der Waals surface area contributed by atoms with Crippen LogP contribution in [-0.2, 0) is 0 Å². The number of nitrogens with one attached hydrogen (secondary N) is 1. The number of aromatic nitrogens is 1. The Bertz CT molecular complexity index is 375. The van der Waals surface area contributed by atoms with Gasteiger partial charge in [-0.05, 0) is 37.3 Å². The number of aliphatic hydroxyl groups excluding tert-OH is 1. The van der Waals surface area contributed by atoms with Crippen molar-refractivity contribution in [2.24, 2.45) is 5.92 Å². The van der Waals surface area contributed by atoms with E-state index in [2.05, 4.69) is 35.1 Å². The van der Waals surface area contributed by atoms with Crippen molar-refractivity contribution in [3.63, 3.8) is 0 Å². The van der Waals surface area contributed by atoms with E-state index >= 15 is 0 Å². The third-order valence-electron chi connectivity index (χ3n) is 4.16. The van der Waals surface area contributed by atoms with Crippen molar-refractivity contribution < 1.29 is 5.11 Å². The van der Waals surface area contributed by atoms with Crippen LogP contribution in [0.3, 0.4) is 0 Å². The first-order chi connectivity index (χ1) is 9.70. The van der Waals surface area contributed by atoms with Crippen molar-refractivity contribution in [3.8, 4) is 0 Å². The zero-order valence-corrected chi connectivity index (χ0v) is 12.6. The normalized spacial score (nSPS) is 18.5. The lowest BCUT2D eigenvalue weighted by atomic mass is 9.97. The fourth-order valence-corrected chi connectivity index (χ4v) is 2.87. The van der Waals surface area contributed by atoms with Crippen molar-refractivity contribution in [3.05, 3.63) is 24.4 Å². The fraction of sp³-hybridized carbons (Fsp3) is 0.688. The molecule has 1 atom stereocenters. The summed E-state index contributed by atoms with van der Waals surface area (Å²) in [5.41, 5.74) is 0. The van der Waals surface area contributed by atoms with Crippen LogP contribution in [-0.4, -0.2) is 41.9 Å². The van der Waals surface area contributed by atoms with Crippen LogP contribution in [0, 0.1) is 5.92 Å². The van der Waals surface area contributed by atoms with E-state index in [1.165, 1.54) is 0 Å². The molecule has 0 amide bonds. The maximum Gasteiger partial charge on any atom is 0.128 e. The van der Waals surface area contributed by atoms with E-state index < -0.39 is 0 Å². The number of aliphatic hydroxyl groups is 1. The van der Waals surface area contributed by atoms with E-state index in [1.807, 2.05) is 18.3 Å². The molecule has 1 fully saturated rings. The van der Waals surface area contributed by atoms with Gasteiger partial charge in [0, 0.05) is 38.0 Å². The lowest BCUT2D eigenvalue weighted by Crippen LogP contribution is -2.48. The van der Waals surface area contributed by atoms with Crippen LogP contribution in [0.4, 0.5) is 5.82 Å². The number of anilines is 1. The average molecular weight is 277 g/mol. The Labute approximate surface area is 122 Å². The molecule has 1 aromatic rings. The van der Waals surface area contributed by atoms with Crippen molar-refractivity contribution >= 4 is 5.82 Å². The second-order valence-electron chi connectivity index (χ2n) is 5.98. The van der Waals surface area contributed by atoms with Crippen LogP contribution >= 0.6 is 0 Å². The second kappa shape index (κ2) is 7.60. The third-order valence-corrected chi connectivity index (χ3v) is 4.16.